The van der Waals surface area contributed by atoms with E-state index in [-0.39, 0.29) is 6.54 Å². The monoisotopic (exact) mass is 380 g/mol. The molecule has 0 spiro atoms. The quantitative estimate of drug-likeness (QED) is 0.515. The molecule has 0 heterocycles. The molecule has 0 saturated heterocycles. The Kier molecular flexibility index (Phi) is 5.54. The molecule has 0 radical (unpaired) electrons. The molecule has 0 bridgehead atoms. The number of nitrogens with zero attached hydrogens (tertiary/aromatic N) is 1. The molecule has 3 aromatic carbocycles. The number of hydrogen-bond donors (Lipinski definition) is 2. The second kappa shape index (κ2) is 8.03. The van der Waals surface area contributed by atoms with Crippen molar-refractivity contribution in [3.63, 3.8) is 0 Å². The van der Waals surface area contributed by atoms with Crippen molar-refractivity contribution in [1.82, 2.24) is 5.06 Å². The van der Waals surface area contributed by atoms with E-state index >= 15 is 0 Å². The van der Waals surface area contributed by atoms with Gasteiger partial charge in [0, 0.05) is 16.1 Å². The molecule has 0 saturated carbocycles. The highest BCUT2D eigenvalue weighted by atomic mass is 35.5. The average Bonchev–Trinajstić information content (AvgIpc) is 2.67. The van der Waals surface area contributed by atoms with E-state index in [1.54, 1.807) is 72.8 Å². The topological polar surface area (TPSA) is 83.6 Å². The molecule has 2 amide bonds. The minimum Gasteiger partial charge on any atom is -0.366 e. The first-order chi connectivity index (χ1) is 12.9. The van der Waals surface area contributed by atoms with Crippen LogP contribution < -0.4 is 5.73 Å². The molecular weight excluding hydrogens is 364 g/mol. The van der Waals surface area contributed by atoms with E-state index in [1.165, 1.54) is 0 Å². The minimum atomic E-state index is -0.509. The summed E-state index contributed by atoms with van der Waals surface area (Å²) in [6.45, 7) is 0.0374. The molecule has 3 rings (SSSR count). The highest BCUT2D eigenvalue weighted by Gasteiger charge is 2.14. The van der Waals surface area contributed by atoms with Crippen LogP contribution in [0.1, 0.15) is 26.3 Å². The van der Waals surface area contributed by atoms with Gasteiger partial charge in [0.1, 0.15) is 0 Å². The van der Waals surface area contributed by atoms with Crippen LogP contribution in [0.4, 0.5) is 0 Å². The van der Waals surface area contributed by atoms with E-state index in [9.17, 15) is 14.8 Å². The van der Waals surface area contributed by atoms with Crippen LogP contribution in [0.2, 0.25) is 5.02 Å². The standard InChI is InChI=1S/C21H17ClN2O3/c22-19-3-1-2-14(12-19)13-24(27)21(26)18-10-6-16(7-11-18)15-4-8-17(9-5-15)20(23)25/h1-12,27H,13H2,(H2,23,25). The lowest BCUT2D eigenvalue weighted by atomic mass is 10.0. The van der Waals surface area contributed by atoms with Gasteiger partial charge in [0.05, 0.1) is 6.54 Å². The smallest absolute Gasteiger partial charge is 0.277 e. The van der Waals surface area contributed by atoms with Crippen molar-refractivity contribution < 1.29 is 14.8 Å². The van der Waals surface area contributed by atoms with Gasteiger partial charge < -0.3 is 5.73 Å². The Labute approximate surface area is 161 Å². The molecule has 0 fully saturated rings. The molecular formula is C21H17ClN2O3. The summed E-state index contributed by atoms with van der Waals surface area (Å²) in [6, 6.07) is 20.7. The first kappa shape index (κ1) is 18.6. The lowest BCUT2D eigenvalue weighted by molar-refractivity contribution is -0.0648. The Bertz CT molecular complexity index is 969. The number of primary amides is 1. The molecule has 0 atom stereocenters. The fourth-order valence-corrected chi connectivity index (χ4v) is 2.87. The van der Waals surface area contributed by atoms with Crippen LogP contribution in [-0.2, 0) is 6.54 Å². The normalized spacial score (nSPS) is 10.4. The molecule has 0 aliphatic rings. The van der Waals surface area contributed by atoms with Crippen LogP contribution in [0.5, 0.6) is 0 Å². The summed E-state index contributed by atoms with van der Waals surface area (Å²) < 4.78 is 0. The Hall–Kier alpha value is -3.15. The van der Waals surface area contributed by atoms with Gasteiger partial charge in [-0.05, 0) is 53.1 Å². The zero-order valence-corrected chi connectivity index (χ0v) is 15.1. The van der Waals surface area contributed by atoms with Crippen molar-refractivity contribution >= 4 is 23.4 Å². The van der Waals surface area contributed by atoms with Crippen molar-refractivity contribution in [2.45, 2.75) is 6.54 Å². The van der Waals surface area contributed by atoms with Crippen LogP contribution in [0.3, 0.4) is 0 Å². The minimum absolute atomic E-state index is 0.0374. The molecule has 3 aromatic rings. The second-order valence-corrected chi connectivity index (χ2v) is 6.45. The Morgan fingerprint density at radius 3 is 1.96 bits per heavy atom. The van der Waals surface area contributed by atoms with Crippen molar-refractivity contribution in [2.24, 2.45) is 5.73 Å². The lowest BCUT2D eigenvalue weighted by Crippen LogP contribution is -2.26. The van der Waals surface area contributed by atoms with Crippen molar-refractivity contribution in [1.29, 1.82) is 0 Å². The summed E-state index contributed by atoms with van der Waals surface area (Å²) in [4.78, 5) is 23.5. The van der Waals surface area contributed by atoms with Gasteiger partial charge in [0.2, 0.25) is 5.91 Å². The summed E-state index contributed by atoms with van der Waals surface area (Å²) in [6.07, 6.45) is 0. The molecule has 0 aliphatic carbocycles. The van der Waals surface area contributed by atoms with Crippen molar-refractivity contribution in [3.05, 3.63) is 94.5 Å². The van der Waals surface area contributed by atoms with Gasteiger partial charge in [0.15, 0.2) is 0 Å². The fourth-order valence-electron chi connectivity index (χ4n) is 2.66. The highest BCUT2D eigenvalue weighted by molar-refractivity contribution is 6.30. The number of hydroxylamine groups is 2. The van der Waals surface area contributed by atoms with E-state index in [1.807, 2.05) is 0 Å². The van der Waals surface area contributed by atoms with Gasteiger partial charge >= 0.3 is 0 Å². The summed E-state index contributed by atoms with van der Waals surface area (Å²) in [5, 5.41) is 11.3. The third kappa shape index (κ3) is 4.53. The van der Waals surface area contributed by atoms with Crippen LogP contribution in [-0.4, -0.2) is 22.1 Å². The lowest BCUT2D eigenvalue weighted by Gasteiger charge is -2.15. The van der Waals surface area contributed by atoms with E-state index < -0.39 is 11.8 Å². The zero-order chi connectivity index (χ0) is 19.4. The molecule has 6 heteroatoms. The summed E-state index contributed by atoms with van der Waals surface area (Å²) in [5.74, 6) is -0.990. The second-order valence-electron chi connectivity index (χ2n) is 6.01. The van der Waals surface area contributed by atoms with Gasteiger partial charge in [-0.25, -0.2) is 5.06 Å². The molecule has 0 unspecified atom stereocenters. The van der Waals surface area contributed by atoms with Crippen molar-refractivity contribution in [2.75, 3.05) is 0 Å². The van der Waals surface area contributed by atoms with Gasteiger partial charge in [0.25, 0.3) is 5.91 Å². The van der Waals surface area contributed by atoms with Crippen LogP contribution in [0, 0.1) is 0 Å². The molecule has 0 aromatic heterocycles. The molecule has 3 N–H and O–H groups in total. The summed E-state index contributed by atoms with van der Waals surface area (Å²) in [7, 11) is 0. The number of rotatable bonds is 5. The Balaban J connectivity index is 1.72. The molecule has 0 aliphatic heterocycles. The molecule has 5 nitrogen and oxygen atoms in total. The summed E-state index contributed by atoms with van der Waals surface area (Å²) >= 11 is 5.92. The molecule has 27 heavy (non-hydrogen) atoms. The number of carbonyl (C=O) groups excluding carboxylic acids is 2. The maximum Gasteiger partial charge on any atom is 0.277 e. The van der Waals surface area contributed by atoms with Gasteiger partial charge in [-0.15, -0.1) is 0 Å². The van der Waals surface area contributed by atoms with Crippen LogP contribution >= 0.6 is 11.6 Å². The number of nitrogens with two attached hydrogens (primary N) is 1. The first-order valence-electron chi connectivity index (χ1n) is 8.19. The SMILES string of the molecule is NC(=O)c1ccc(-c2ccc(C(=O)N(O)Cc3cccc(Cl)c3)cc2)cc1. The Morgan fingerprint density at radius 1 is 0.889 bits per heavy atom. The van der Waals surface area contributed by atoms with Crippen LogP contribution in [0.25, 0.3) is 11.1 Å². The Morgan fingerprint density at radius 2 is 1.44 bits per heavy atom. The number of hydrogen-bond acceptors (Lipinski definition) is 3. The van der Waals surface area contributed by atoms with Crippen LogP contribution in [0.15, 0.2) is 72.8 Å². The summed E-state index contributed by atoms with van der Waals surface area (Å²) in [5.41, 5.74) is 8.52. The van der Waals surface area contributed by atoms with Gasteiger partial charge in [-0.3, -0.25) is 14.8 Å². The third-order valence-electron chi connectivity index (χ3n) is 4.09. The van der Waals surface area contributed by atoms with E-state index in [2.05, 4.69) is 0 Å². The number of benzene rings is 3. The predicted octanol–water partition coefficient (Wildman–Crippen LogP) is 4.14. The van der Waals surface area contributed by atoms with E-state index in [0.29, 0.717) is 21.2 Å². The molecule has 136 valence electrons. The number of carbonyl (C=O) groups is 2. The van der Waals surface area contributed by atoms with Crippen molar-refractivity contribution in [3.8, 4) is 11.1 Å². The largest absolute Gasteiger partial charge is 0.366 e. The maximum absolute atomic E-state index is 12.4. The van der Waals surface area contributed by atoms with Gasteiger partial charge in [-0.1, -0.05) is 48.0 Å². The maximum atomic E-state index is 12.4. The zero-order valence-electron chi connectivity index (χ0n) is 14.3. The number of amides is 2. The number of halogens is 1. The van der Waals surface area contributed by atoms with E-state index in [4.69, 9.17) is 17.3 Å². The predicted molar refractivity (Wildman–Crippen MR) is 104 cm³/mol. The van der Waals surface area contributed by atoms with E-state index in [0.717, 1.165) is 16.7 Å². The average molecular weight is 381 g/mol. The van der Waals surface area contributed by atoms with Gasteiger partial charge in [-0.2, -0.15) is 0 Å². The third-order valence-corrected chi connectivity index (χ3v) is 4.33. The fraction of sp³-hybridized carbons (Fsp3) is 0.0476. The first-order valence-corrected chi connectivity index (χ1v) is 8.57. The highest BCUT2D eigenvalue weighted by Crippen LogP contribution is 2.21.